The lowest BCUT2D eigenvalue weighted by Gasteiger charge is -2.13. The van der Waals surface area contributed by atoms with Crippen molar-refractivity contribution in [3.63, 3.8) is 0 Å². The van der Waals surface area contributed by atoms with Gasteiger partial charge in [-0.2, -0.15) is 5.26 Å². The van der Waals surface area contributed by atoms with Crippen LogP contribution < -0.4 is 10.1 Å². The number of fused-ring (bicyclic) bond motifs is 1. The van der Waals surface area contributed by atoms with Gasteiger partial charge in [0.25, 0.3) is 5.91 Å². The van der Waals surface area contributed by atoms with Crippen molar-refractivity contribution in [2.24, 2.45) is 0 Å². The Balaban J connectivity index is 1.95. The summed E-state index contributed by atoms with van der Waals surface area (Å²) in [6.07, 6.45) is -4.16. The summed E-state index contributed by atoms with van der Waals surface area (Å²) in [6.45, 7) is 1.05. The van der Waals surface area contributed by atoms with E-state index in [-0.39, 0.29) is 18.2 Å². The molecule has 3 rings (SSSR count). The number of hydrogen-bond acceptors (Lipinski definition) is 4. The molecule has 1 N–H and O–H groups in total. The molecule has 0 bridgehead atoms. The average Bonchev–Trinajstić information content (AvgIpc) is 3.07. The van der Waals surface area contributed by atoms with E-state index in [4.69, 9.17) is 10.00 Å². The highest BCUT2D eigenvalue weighted by Gasteiger charge is 2.31. The number of hydrogen-bond donors (Lipinski definition) is 1. The quantitative estimate of drug-likeness (QED) is 0.542. The maximum atomic E-state index is 12.8. The fourth-order valence-corrected chi connectivity index (χ4v) is 3.23. The van der Waals surface area contributed by atoms with Crippen LogP contribution in [0.25, 0.3) is 10.9 Å². The zero-order valence-corrected chi connectivity index (χ0v) is 16.7. The maximum Gasteiger partial charge on any atom is 0.573 e. The SMILES string of the molecule is COCCCNC(=O)c1cc2cc(C#N)ccc2n1Cc1cccc(OC(F)(F)F)c1. The van der Waals surface area contributed by atoms with Crippen molar-refractivity contribution in [1.29, 1.82) is 5.26 Å². The molecule has 0 aliphatic carbocycles. The summed E-state index contributed by atoms with van der Waals surface area (Å²) in [5.41, 5.74) is 1.99. The largest absolute Gasteiger partial charge is 0.573 e. The molecule has 2 aromatic carbocycles. The van der Waals surface area contributed by atoms with Crippen LogP contribution in [0.5, 0.6) is 5.75 Å². The molecule has 0 fully saturated rings. The molecule has 0 spiro atoms. The third kappa shape index (κ3) is 5.77. The highest BCUT2D eigenvalue weighted by Crippen LogP contribution is 2.26. The molecule has 0 radical (unpaired) electrons. The van der Waals surface area contributed by atoms with E-state index in [0.717, 1.165) is 0 Å². The van der Waals surface area contributed by atoms with E-state index < -0.39 is 6.36 Å². The van der Waals surface area contributed by atoms with Crippen LogP contribution in [0, 0.1) is 11.3 Å². The molecule has 1 heterocycles. The van der Waals surface area contributed by atoms with Gasteiger partial charge in [-0.1, -0.05) is 12.1 Å². The number of carbonyl (C=O) groups excluding carboxylic acids is 1. The first-order valence-electron chi connectivity index (χ1n) is 9.46. The second kappa shape index (κ2) is 9.53. The van der Waals surface area contributed by atoms with E-state index in [0.29, 0.717) is 47.3 Å². The number of carbonyl (C=O) groups is 1. The highest BCUT2D eigenvalue weighted by molar-refractivity contribution is 5.99. The van der Waals surface area contributed by atoms with Crippen molar-refractivity contribution < 1.29 is 27.4 Å². The first kappa shape index (κ1) is 22.2. The second-order valence-electron chi connectivity index (χ2n) is 6.80. The van der Waals surface area contributed by atoms with E-state index in [9.17, 15) is 18.0 Å². The standard InChI is InChI=1S/C22H20F3N3O3/c1-30-9-3-8-27-21(29)20-12-17-10-15(13-26)6-7-19(17)28(20)14-16-4-2-5-18(11-16)31-22(23,24)25/h2,4-7,10-12H,3,8-9,14H2,1H3,(H,27,29). The fourth-order valence-electron chi connectivity index (χ4n) is 3.23. The Morgan fingerprint density at radius 2 is 2.00 bits per heavy atom. The number of nitrogens with one attached hydrogen (secondary N) is 1. The molecular weight excluding hydrogens is 411 g/mol. The number of aromatic nitrogens is 1. The van der Waals surface area contributed by atoms with Crippen molar-refractivity contribution in [3.05, 3.63) is 65.4 Å². The van der Waals surface area contributed by atoms with Gasteiger partial charge >= 0.3 is 6.36 Å². The van der Waals surface area contributed by atoms with Gasteiger partial charge in [-0.05, 0) is 48.4 Å². The molecular formula is C22H20F3N3O3. The lowest BCUT2D eigenvalue weighted by Crippen LogP contribution is -2.27. The molecule has 31 heavy (non-hydrogen) atoms. The van der Waals surface area contributed by atoms with Gasteiger partial charge in [0.1, 0.15) is 11.4 Å². The Morgan fingerprint density at radius 3 is 2.71 bits per heavy atom. The maximum absolute atomic E-state index is 12.8. The molecule has 0 atom stereocenters. The van der Waals surface area contributed by atoms with Crippen molar-refractivity contribution in [2.45, 2.75) is 19.3 Å². The van der Waals surface area contributed by atoms with E-state index in [2.05, 4.69) is 16.1 Å². The average molecular weight is 431 g/mol. The molecule has 0 saturated carbocycles. The number of nitriles is 1. The number of rotatable bonds is 8. The van der Waals surface area contributed by atoms with Crippen molar-refractivity contribution in [3.8, 4) is 11.8 Å². The molecule has 0 unspecified atom stereocenters. The summed E-state index contributed by atoms with van der Waals surface area (Å²) >= 11 is 0. The number of alkyl halides is 3. The first-order valence-corrected chi connectivity index (χ1v) is 9.46. The van der Waals surface area contributed by atoms with Crippen molar-refractivity contribution >= 4 is 16.8 Å². The Hall–Kier alpha value is -3.51. The van der Waals surface area contributed by atoms with Gasteiger partial charge in [0, 0.05) is 37.7 Å². The van der Waals surface area contributed by atoms with Crippen LogP contribution in [0.4, 0.5) is 13.2 Å². The van der Waals surface area contributed by atoms with Gasteiger partial charge in [0.2, 0.25) is 0 Å². The smallest absolute Gasteiger partial charge is 0.406 e. The van der Waals surface area contributed by atoms with Gasteiger partial charge in [-0.3, -0.25) is 4.79 Å². The van der Waals surface area contributed by atoms with Gasteiger partial charge < -0.3 is 19.4 Å². The minimum absolute atomic E-state index is 0.144. The lowest BCUT2D eigenvalue weighted by molar-refractivity contribution is -0.274. The van der Waals surface area contributed by atoms with Gasteiger partial charge in [-0.25, -0.2) is 0 Å². The molecule has 0 saturated heterocycles. The van der Waals surface area contributed by atoms with Crippen LogP contribution in [-0.2, 0) is 11.3 Å². The number of ether oxygens (including phenoxy) is 2. The summed E-state index contributed by atoms with van der Waals surface area (Å²) in [5.74, 6) is -0.660. The Bertz CT molecular complexity index is 1120. The summed E-state index contributed by atoms with van der Waals surface area (Å²) in [4.78, 5) is 12.8. The fraction of sp³-hybridized carbons (Fsp3) is 0.273. The van der Waals surface area contributed by atoms with Crippen molar-refractivity contribution in [1.82, 2.24) is 9.88 Å². The molecule has 1 amide bonds. The summed E-state index contributed by atoms with van der Waals surface area (Å²) in [6, 6.07) is 14.3. The Morgan fingerprint density at radius 1 is 1.19 bits per heavy atom. The normalized spacial score (nSPS) is 11.3. The number of benzene rings is 2. The zero-order chi connectivity index (χ0) is 22.4. The monoisotopic (exact) mass is 431 g/mol. The second-order valence-corrected chi connectivity index (χ2v) is 6.80. The summed E-state index contributed by atoms with van der Waals surface area (Å²) in [5, 5.41) is 12.7. The number of nitrogens with zero attached hydrogens (tertiary/aromatic N) is 2. The Labute approximate surface area is 176 Å². The predicted octanol–water partition coefficient (Wildman–Crippen LogP) is 4.23. The van der Waals surface area contributed by atoms with Crippen LogP contribution >= 0.6 is 0 Å². The van der Waals surface area contributed by atoms with Crippen LogP contribution in [0.3, 0.4) is 0 Å². The van der Waals surface area contributed by atoms with Gasteiger partial charge in [-0.15, -0.1) is 13.2 Å². The van der Waals surface area contributed by atoms with E-state index >= 15 is 0 Å². The molecule has 3 aromatic rings. The lowest BCUT2D eigenvalue weighted by atomic mass is 10.1. The van der Waals surface area contributed by atoms with E-state index in [1.54, 1.807) is 42.0 Å². The van der Waals surface area contributed by atoms with Gasteiger partial charge in [0.15, 0.2) is 0 Å². The number of methoxy groups -OCH3 is 1. The predicted molar refractivity (Wildman–Crippen MR) is 108 cm³/mol. The molecule has 0 aliphatic rings. The Kier molecular flexibility index (Phi) is 6.82. The minimum Gasteiger partial charge on any atom is -0.406 e. The molecule has 0 aliphatic heterocycles. The molecule has 9 heteroatoms. The summed E-state index contributed by atoms with van der Waals surface area (Å²) < 4.78 is 48.3. The van der Waals surface area contributed by atoms with Gasteiger partial charge in [0.05, 0.1) is 11.6 Å². The third-order valence-corrected chi connectivity index (χ3v) is 4.55. The molecule has 1 aromatic heterocycles. The highest BCUT2D eigenvalue weighted by atomic mass is 19.4. The minimum atomic E-state index is -4.79. The van der Waals surface area contributed by atoms with Crippen LogP contribution in [0.15, 0.2) is 48.5 Å². The van der Waals surface area contributed by atoms with Crippen LogP contribution in [0.2, 0.25) is 0 Å². The summed E-state index contributed by atoms with van der Waals surface area (Å²) in [7, 11) is 1.57. The molecule has 6 nitrogen and oxygen atoms in total. The molecule has 162 valence electrons. The van der Waals surface area contributed by atoms with Crippen LogP contribution in [0.1, 0.15) is 28.0 Å². The zero-order valence-electron chi connectivity index (χ0n) is 16.7. The van der Waals surface area contributed by atoms with Crippen molar-refractivity contribution in [2.75, 3.05) is 20.3 Å². The topological polar surface area (TPSA) is 76.3 Å². The third-order valence-electron chi connectivity index (χ3n) is 4.55. The van der Waals surface area contributed by atoms with E-state index in [1.165, 1.54) is 18.2 Å². The van der Waals surface area contributed by atoms with E-state index in [1.807, 2.05) is 0 Å². The first-order chi connectivity index (χ1) is 14.8. The number of halogens is 3. The number of amides is 1. The van der Waals surface area contributed by atoms with Crippen LogP contribution in [-0.4, -0.2) is 37.1 Å².